The molecule has 1 heteroatoms. The lowest BCUT2D eigenvalue weighted by atomic mass is 9.91. The molecular weight excluding hydrogens is 170 g/mol. The fourth-order valence-electron chi connectivity index (χ4n) is 2.48. The second kappa shape index (κ2) is 4.97. The number of allylic oxidation sites excluding steroid dienone is 1. The molecule has 14 heavy (non-hydrogen) atoms. The second-order valence-electron chi connectivity index (χ2n) is 4.79. The third kappa shape index (κ3) is 2.60. The van der Waals surface area contributed by atoms with Crippen LogP contribution >= 0.6 is 0 Å². The zero-order valence-electron chi connectivity index (χ0n) is 9.39. The van der Waals surface area contributed by atoms with Gasteiger partial charge in [-0.15, -0.1) is 0 Å². The molecule has 2 aliphatic carbocycles. The summed E-state index contributed by atoms with van der Waals surface area (Å²) >= 11 is 0. The minimum absolute atomic E-state index is 0.746. The Morgan fingerprint density at radius 2 is 2.29 bits per heavy atom. The lowest BCUT2D eigenvalue weighted by molar-refractivity contribution is 0.487. The molecule has 0 aromatic rings. The van der Waals surface area contributed by atoms with Crippen molar-refractivity contribution in [1.82, 2.24) is 5.32 Å². The maximum Gasteiger partial charge on any atom is 0.0307 e. The van der Waals surface area contributed by atoms with Gasteiger partial charge in [-0.05, 0) is 57.4 Å². The van der Waals surface area contributed by atoms with E-state index in [2.05, 4.69) is 18.3 Å². The molecule has 2 rings (SSSR count). The Morgan fingerprint density at radius 1 is 1.43 bits per heavy atom. The van der Waals surface area contributed by atoms with Crippen LogP contribution in [0, 0.1) is 5.92 Å². The highest BCUT2D eigenvalue weighted by molar-refractivity contribution is 5.17. The van der Waals surface area contributed by atoms with Gasteiger partial charge in [0.1, 0.15) is 0 Å². The van der Waals surface area contributed by atoms with Crippen molar-refractivity contribution in [1.29, 1.82) is 0 Å². The lowest BCUT2D eigenvalue weighted by Gasteiger charge is -2.24. The molecule has 1 unspecified atom stereocenters. The average molecular weight is 193 g/mol. The van der Waals surface area contributed by atoms with E-state index in [9.17, 15) is 0 Å². The summed E-state index contributed by atoms with van der Waals surface area (Å²) in [6, 6.07) is 0.746. The molecule has 1 atom stereocenters. The van der Waals surface area contributed by atoms with E-state index < -0.39 is 0 Å². The van der Waals surface area contributed by atoms with Crippen LogP contribution in [0.3, 0.4) is 0 Å². The molecule has 1 fully saturated rings. The molecule has 2 aliphatic rings. The van der Waals surface area contributed by atoms with Crippen molar-refractivity contribution >= 4 is 0 Å². The predicted molar refractivity (Wildman–Crippen MR) is 61.4 cm³/mol. The predicted octanol–water partition coefficient (Wildman–Crippen LogP) is 3.27. The molecule has 80 valence electrons. The van der Waals surface area contributed by atoms with Crippen molar-refractivity contribution < 1.29 is 0 Å². The molecule has 0 aromatic heterocycles. The SMILES string of the molecule is CCCNC(C1=CCCCC1)C1CC1. The average Bonchev–Trinajstić information content (AvgIpc) is 3.04. The van der Waals surface area contributed by atoms with Gasteiger partial charge in [0.25, 0.3) is 0 Å². The van der Waals surface area contributed by atoms with Crippen LogP contribution in [0.25, 0.3) is 0 Å². The molecule has 0 amide bonds. The standard InChI is InChI=1S/C13H23N/c1-2-10-14-13(12-8-9-12)11-6-4-3-5-7-11/h6,12-14H,2-5,7-10H2,1H3. The van der Waals surface area contributed by atoms with E-state index in [4.69, 9.17) is 0 Å². The Labute approximate surface area is 88.0 Å². The first-order chi connectivity index (χ1) is 6.92. The molecule has 1 saturated carbocycles. The summed E-state index contributed by atoms with van der Waals surface area (Å²) in [5.41, 5.74) is 1.73. The Balaban J connectivity index is 1.90. The molecule has 0 aromatic carbocycles. The largest absolute Gasteiger partial charge is 0.310 e. The maximum atomic E-state index is 3.73. The van der Waals surface area contributed by atoms with E-state index in [1.165, 1.54) is 51.5 Å². The first-order valence-electron chi connectivity index (χ1n) is 6.34. The van der Waals surface area contributed by atoms with Crippen LogP contribution in [0.2, 0.25) is 0 Å². The van der Waals surface area contributed by atoms with Gasteiger partial charge in [-0.25, -0.2) is 0 Å². The summed E-state index contributed by atoms with van der Waals surface area (Å²) in [6.45, 7) is 3.45. The third-order valence-corrected chi connectivity index (χ3v) is 3.43. The monoisotopic (exact) mass is 193 g/mol. The normalized spacial score (nSPS) is 24.5. The molecule has 0 spiro atoms. The summed E-state index contributed by atoms with van der Waals surface area (Å²) in [5.74, 6) is 0.978. The minimum Gasteiger partial charge on any atom is -0.310 e. The molecule has 0 radical (unpaired) electrons. The first kappa shape index (κ1) is 10.2. The highest BCUT2D eigenvalue weighted by Gasteiger charge is 2.32. The van der Waals surface area contributed by atoms with Crippen molar-refractivity contribution in [3.8, 4) is 0 Å². The Morgan fingerprint density at radius 3 is 2.86 bits per heavy atom. The number of hydrogen-bond acceptors (Lipinski definition) is 1. The molecular formula is C13H23N. The van der Waals surface area contributed by atoms with Gasteiger partial charge >= 0.3 is 0 Å². The van der Waals surface area contributed by atoms with Gasteiger partial charge in [0.05, 0.1) is 0 Å². The summed E-state index contributed by atoms with van der Waals surface area (Å²) in [7, 11) is 0. The highest BCUT2D eigenvalue weighted by atomic mass is 14.9. The van der Waals surface area contributed by atoms with Crippen LogP contribution in [-0.2, 0) is 0 Å². The van der Waals surface area contributed by atoms with Crippen LogP contribution in [0.5, 0.6) is 0 Å². The van der Waals surface area contributed by atoms with Crippen molar-refractivity contribution in [2.45, 2.75) is 57.9 Å². The van der Waals surface area contributed by atoms with E-state index in [0.29, 0.717) is 0 Å². The van der Waals surface area contributed by atoms with Crippen molar-refractivity contribution in [3.05, 3.63) is 11.6 Å². The van der Waals surface area contributed by atoms with E-state index in [1.807, 2.05) is 0 Å². The van der Waals surface area contributed by atoms with Crippen LogP contribution in [0.4, 0.5) is 0 Å². The second-order valence-corrected chi connectivity index (χ2v) is 4.79. The fourth-order valence-corrected chi connectivity index (χ4v) is 2.48. The number of rotatable bonds is 5. The molecule has 1 nitrogen and oxygen atoms in total. The van der Waals surface area contributed by atoms with E-state index in [0.717, 1.165) is 12.0 Å². The number of nitrogens with one attached hydrogen (secondary N) is 1. The molecule has 1 N–H and O–H groups in total. The Hall–Kier alpha value is -0.300. The quantitative estimate of drug-likeness (QED) is 0.661. The zero-order valence-corrected chi connectivity index (χ0v) is 9.39. The third-order valence-electron chi connectivity index (χ3n) is 3.43. The molecule has 0 heterocycles. The zero-order chi connectivity index (χ0) is 9.80. The van der Waals surface area contributed by atoms with Gasteiger partial charge < -0.3 is 5.32 Å². The van der Waals surface area contributed by atoms with Crippen LogP contribution in [0.15, 0.2) is 11.6 Å². The van der Waals surface area contributed by atoms with Crippen LogP contribution in [-0.4, -0.2) is 12.6 Å². The van der Waals surface area contributed by atoms with Gasteiger partial charge in [0, 0.05) is 6.04 Å². The summed E-state index contributed by atoms with van der Waals surface area (Å²) < 4.78 is 0. The van der Waals surface area contributed by atoms with E-state index in [1.54, 1.807) is 5.57 Å². The van der Waals surface area contributed by atoms with Crippen LogP contribution in [0.1, 0.15) is 51.9 Å². The van der Waals surface area contributed by atoms with Crippen molar-refractivity contribution in [2.24, 2.45) is 5.92 Å². The Kier molecular flexibility index (Phi) is 3.63. The van der Waals surface area contributed by atoms with E-state index >= 15 is 0 Å². The molecule has 0 bridgehead atoms. The van der Waals surface area contributed by atoms with E-state index in [-0.39, 0.29) is 0 Å². The van der Waals surface area contributed by atoms with Gasteiger partial charge in [-0.3, -0.25) is 0 Å². The fraction of sp³-hybridized carbons (Fsp3) is 0.846. The van der Waals surface area contributed by atoms with Crippen molar-refractivity contribution in [2.75, 3.05) is 6.54 Å². The van der Waals surface area contributed by atoms with Gasteiger partial charge in [0.2, 0.25) is 0 Å². The van der Waals surface area contributed by atoms with Gasteiger partial charge in [0.15, 0.2) is 0 Å². The summed E-state index contributed by atoms with van der Waals surface area (Å²) in [6.07, 6.45) is 12.2. The number of hydrogen-bond donors (Lipinski definition) is 1. The summed E-state index contributed by atoms with van der Waals surface area (Å²) in [5, 5.41) is 3.73. The van der Waals surface area contributed by atoms with Crippen LogP contribution < -0.4 is 5.32 Å². The highest BCUT2D eigenvalue weighted by Crippen LogP contribution is 2.38. The Bertz CT molecular complexity index is 203. The first-order valence-corrected chi connectivity index (χ1v) is 6.34. The molecule has 0 aliphatic heterocycles. The minimum atomic E-state index is 0.746. The lowest BCUT2D eigenvalue weighted by Crippen LogP contribution is -2.34. The topological polar surface area (TPSA) is 12.0 Å². The smallest absolute Gasteiger partial charge is 0.0307 e. The van der Waals surface area contributed by atoms with Gasteiger partial charge in [-0.1, -0.05) is 18.6 Å². The summed E-state index contributed by atoms with van der Waals surface area (Å²) in [4.78, 5) is 0. The van der Waals surface area contributed by atoms with Gasteiger partial charge in [-0.2, -0.15) is 0 Å². The van der Waals surface area contributed by atoms with Crippen molar-refractivity contribution in [3.63, 3.8) is 0 Å². The maximum absolute atomic E-state index is 3.73. The molecule has 0 saturated heterocycles.